The summed E-state index contributed by atoms with van der Waals surface area (Å²) in [7, 11) is 0. The third-order valence-corrected chi connectivity index (χ3v) is 3.05. The number of allylic oxidation sites excluding steroid dienone is 2. The number of hydrogen-bond acceptors (Lipinski definition) is 1. The highest BCUT2D eigenvalue weighted by atomic mass is 32.2. The molecule has 1 aliphatic heterocycles. The van der Waals surface area contributed by atoms with Gasteiger partial charge in [0, 0.05) is 10.5 Å². The molecule has 0 saturated carbocycles. The second kappa shape index (κ2) is 3.48. The summed E-state index contributed by atoms with van der Waals surface area (Å²) < 4.78 is 0.261. The van der Waals surface area contributed by atoms with Gasteiger partial charge in [0.05, 0.1) is 0 Å². The van der Waals surface area contributed by atoms with Crippen molar-refractivity contribution in [2.45, 2.75) is 31.9 Å². The Hall–Kier alpha value is -0.170. The Morgan fingerprint density at radius 1 is 1.73 bits per heavy atom. The van der Waals surface area contributed by atoms with E-state index in [-0.39, 0.29) is 4.75 Å². The minimum Gasteiger partial charge on any atom is -0.146 e. The molecule has 1 radical (unpaired) electrons. The summed E-state index contributed by atoms with van der Waals surface area (Å²) >= 11 is 1.98. The van der Waals surface area contributed by atoms with Crippen LogP contribution in [0.1, 0.15) is 27.2 Å². The van der Waals surface area contributed by atoms with E-state index in [0.717, 1.165) is 12.2 Å². The van der Waals surface area contributed by atoms with Crippen LogP contribution in [0.5, 0.6) is 0 Å². The Balaban J connectivity index is 2.48. The average Bonchev–Trinajstić information content (AvgIpc) is 2.33. The van der Waals surface area contributed by atoms with Crippen LogP contribution in [0, 0.1) is 6.08 Å². The minimum absolute atomic E-state index is 0.261. The molecular formula is C10H15S. The first-order valence-electron chi connectivity index (χ1n) is 3.99. The lowest BCUT2D eigenvalue weighted by molar-refractivity contribution is 0.790. The quantitative estimate of drug-likeness (QED) is 0.569. The van der Waals surface area contributed by atoms with E-state index < -0.39 is 0 Å². The molecule has 0 nitrogen and oxygen atoms in total. The summed E-state index contributed by atoms with van der Waals surface area (Å²) in [6.45, 7) is 6.54. The van der Waals surface area contributed by atoms with Crippen molar-refractivity contribution in [2.75, 3.05) is 5.75 Å². The molecule has 0 saturated heterocycles. The van der Waals surface area contributed by atoms with Crippen molar-refractivity contribution in [3.05, 3.63) is 23.8 Å². The van der Waals surface area contributed by atoms with Crippen molar-refractivity contribution in [3.8, 4) is 0 Å². The molecule has 0 aromatic carbocycles. The first kappa shape index (κ1) is 8.92. The monoisotopic (exact) mass is 167 g/mol. The highest BCUT2D eigenvalue weighted by Crippen LogP contribution is 2.34. The molecule has 1 aliphatic rings. The zero-order chi connectivity index (χ0) is 8.32. The fourth-order valence-electron chi connectivity index (χ4n) is 1.04. The summed E-state index contributed by atoms with van der Waals surface area (Å²) in [6, 6.07) is 0. The summed E-state index contributed by atoms with van der Waals surface area (Å²) in [4.78, 5) is 0. The van der Waals surface area contributed by atoms with E-state index in [1.165, 1.54) is 5.57 Å². The van der Waals surface area contributed by atoms with E-state index in [1.54, 1.807) is 0 Å². The molecule has 0 N–H and O–H groups in total. The van der Waals surface area contributed by atoms with Crippen molar-refractivity contribution < 1.29 is 0 Å². The smallest absolute Gasteiger partial charge is 0.0418 e. The second-order valence-electron chi connectivity index (χ2n) is 3.38. The van der Waals surface area contributed by atoms with Crippen molar-refractivity contribution in [2.24, 2.45) is 0 Å². The van der Waals surface area contributed by atoms with E-state index in [1.807, 2.05) is 11.8 Å². The van der Waals surface area contributed by atoms with Gasteiger partial charge in [0.1, 0.15) is 0 Å². The predicted octanol–water partition coefficient (Wildman–Crippen LogP) is 3.21. The van der Waals surface area contributed by atoms with Gasteiger partial charge in [-0.25, -0.2) is 0 Å². The minimum atomic E-state index is 0.261. The molecule has 0 spiro atoms. The van der Waals surface area contributed by atoms with Gasteiger partial charge in [-0.15, -0.1) is 11.8 Å². The summed E-state index contributed by atoms with van der Waals surface area (Å²) in [5.74, 6) is 1.13. The van der Waals surface area contributed by atoms with Gasteiger partial charge >= 0.3 is 0 Å². The van der Waals surface area contributed by atoms with Crippen molar-refractivity contribution in [1.82, 2.24) is 0 Å². The molecule has 0 amide bonds. The summed E-state index contributed by atoms with van der Waals surface area (Å²) in [5, 5.41) is 0. The first-order chi connectivity index (χ1) is 5.12. The molecule has 0 bridgehead atoms. The molecule has 1 heteroatoms. The van der Waals surface area contributed by atoms with Gasteiger partial charge in [0.2, 0.25) is 0 Å². The van der Waals surface area contributed by atoms with Crippen LogP contribution < -0.4 is 0 Å². The van der Waals surface area contributed by atoms with E-state index in [2.05, 4.69) is 39.0 Å². The van der Waals surface area contributed by atoms with Crippen molar-refractivity contribution in [3.63, 3.8) is 0 Å². The van der Waals surface area contributed by atoms with Gasteiger partial charge in [-0.1, -0.05) is 17.7 Å². The van der Waals surface area contributed by atoms with Gasteiger partial charge < -0.3 is 0 Å². The lowest BCUT2D eigenvalue weighted by atomic mass is 10.1. The Morgan fingerprint density at radius 2 is 2.45 bits per heavy atom. The third-order valence-electron chi connectivity index (χ3n) is 1.79. The molecule has 0 aromatic heterocycles. The molecule has 1 atom stereocenters. The zero-order valence-corrected chi connectivity index (χ0v) is 8.29. The SMILES string of the molecule is CC(C)=CCC1(C)[C]=CCS1. The molecule has 0 aliphatic carbocycles. The third kappa shape index (κ3) is 2.74. The average molecular weight is 167 g/mol. The number of rotatable bonds is 2. The van der Waals surface area contributed by atoms with E-state index in [4.69, 9.17) is 0 Å². The maximum Gasteiger partial charge on any atom is 0.0418 e. The molecule has 11 heavy (non-hydrogen) atoms. The van der Waals surface area contributed by atoms with E-state index in [9.17, 15) is 0 Å². The lowest BCUT2D eigenvalue weighted by Crippen LogP contribution is -2.12. The first-order valence-corrected chi connectivity index (χ1v) is 4.98. The molecule has 0 fully saturated rings. The highest BCUT2D eigenvalue weighted by Gasteiger charge is 2.23. The zero-order valence-electron chi connectivity index (χ0n) is 7.48. The van der Waals surface area contributed by atoms with Crippen LogP contribution in [0.25, 0.3) is 0 Å². The molecular weight excluding hydrogens is 152 g/mol. The number of hydrogen-bond donors (Lipinski definition) is 0. The van der Waals surface area contributed by atoms with Gasteiger partial charge in [-0.05, 0) is 33.3 Å². The maximum absolute atomic E-state index is 3.38. The maximum atomic E-state index is 3.38. The van der Waals surface area contributed by atoms with Crippen molar-refractivity contribution >= 4 is 11.8 Å². The second-order valence-corrected chi connectivity index (χ2v) is 4.90. The topological polar surface area (TPSA) is 0 Å². The van der Waals surface area contributed by atoms with Crippen LogP contribution >= 0.6 is 11.8 Å². The predicted molar refractivity (Wildman–Crippen MR) is 52.7 cm³/mol. The van der Waals surface area contributed by atoms with Crippen LogP contribution in [0.2, 0.25) is 0 Å². The molecule has 1 unspecified atom stereocenters. The molecule has 1 heterocycles. The van der Waals surface area contributed by atoms with Gasteiger partial charge in [-0.2, -0.15) is 0 Å². The normalized spacial score (nSPS) is 29.0. The van der Waals surface area contributed by atoms with Gasteiger partial charge in [0.25, 0.3) is 0 Å². The lowest BCUT2D eigenvalue weighted by Gasteiger charge is -2.17. The Morgan fingerprint density at radius 3 is 2.91 bits per heavy atom. The van der Waals surface area contributed by atoms with Gasteiger partial charge in [0.15, 0.2) is 0 Å². The van der Waals surface area contributed by atoms with Crippen LogP contribution in [0.3, 0.4) is 0 Å². The van der Waals surface area contributed by atoms with Crippen LogP contribution in [0.4, 0.5) is 0 Å². The van der Waals surface area contributed by atoms with Crippen LogP contribution in [-0.2, 0) is 0 Å². The standard InChI is InChI=1S/C10H15S/c1-9(2)5-7-10(3)6-4-8-11-10/h4-5H,7-8H2,1-3H3. The molecule has 61 valence electrons. The number of thioether (sulfide) groups is 1. The largest absolute Gasteiger partial charge is 0.146 e. The fourth-order valence-corrected chi connectivity index (χ4v) is 1.94. The molecule has 0 aromatic rings. The summed E-state index contributed by atoms with van der Waals surface area (Å²) in [5.41, 5.74) is 1.40. The van der Waals surface area contributed by atoms with Gasteiger partial charge in [-0.3, -0.25) is 0 Å². The highest BCUT2D eigenvalue weighted by molar-refractivity contribution is 8.01. The van der Waals surface area contributed by atoms with Crippen LogP contribution in [-0.4, -0.2) is 10.5 Å². The fraction of sp³-hybridized carbons (Fsp3) is 0.600. The Labute approximate surface area is 73.8 Å². The van der Waals surface area contributed by atoms with Crippen LogP contribution in [0.15, 0.2) is 17.7 Å². The molecule has 1 rings (SSSR count). The van der Waals surface area contributed by atoms with E-state index >= 15 is 0 Å². The summed E-state index contributed by atoms with van der Waals surface area (Å²) in [6.07, 6.45) is 8.94. The Bertz CT molecular complexity index is 187. The van der Waals surface area contributed by atoms with Crippen molar-refractivity contribution in [1.29, 1.82) is 0 Å². The van der Waals surface area contributed by atoms with E-state index in [0.29, 0.717) is 0 Å². The Kier molecular flexibility index (Phi) is 2.83.